The number of rotatable bonds is 8. The molecule has 0 aliphatic rings. The normalized spacial score (nSPS) is 11.1. The zero-order valence-corrected chi connectivity index (χ0v) is 17.3. The summed E-state index contributed by atoms with van der Waals surface area (Å²) in [4.78, 5) is 0.199. The van der Waals surface area contributed by atoms with Gasteiger partial charge in [-0.05, 0) is 41.0 Å². The second-order valence-electron chi connectivity index (χ2n) is 6.25. The maximum Gasteiger partial charge on any atom is 0.240 e. The van der Waals surface area contributed by atoms with Crippen LogP contribution in [0.3, 0.4) is 0 Å². The highest BCUT2D eigenvalue weighted by Crippen LogP contribution is 2.38. The first kappa shape index (κ1) is 20.7. The van der Waals surface area contributed by atoms with Crippen molar-refractivity contribution >= 4 is 10.0 Å². The maximum atomic E-state index is 12.7. The first-order valence-corrected chi connectivity index (χ1v) is 10.4. The molecule has 0 fully saturated rings. The Labute approximate surface area is 171 Å². The van der Waals surface area contributed by atoms with E-state index in [-0.39, 0.29) is 11.4 Å². The maximum absolute atomic E-state index is 12.7. The van der Waals surface area contributed by atoms with Gasteiger partial charge in [0.05, 0.1) is 26.2 Å². The largest absolute Gasteiger partial charge is 0.493 e. The van der Waals surface area contributed by atoms with E-state index in [9.17, 15) is 8.42 Å². The Bertz CT molecular complexity index is 1040. The zero-order chi connectivity index (χ0) is 20.9. The summed E-state index contributed by atoms with van der Waals surface area (Å²) in [5, 5.41) is 0. The first-order chi connectivity index (χ1) is 14.0. The Morgan fingerprint density at radius 3 is 1.83 bits per heavy atom. The van der Waals surface area contributed by atoms with E-state index < -0.39 is 10.0 Å². The Hall–Kier alpha value is -3.03. The van der Waals surface area contributed by atoms with Gasteiger partial charge < -0.3 is 14.2 Å². The summed E-state index contributed by atoms with van der Waals surface area (Å²) in [7, 11) is 0.867. The molecule has 3 aromatic carbocycles. The molecule has 0 saturated heterocycles. The van der Waals surface area contributed by atoms with Gasteiger partial charge in [-0.25, -0.2) is 13.1 Å². The van der Waals surface area contributed by atoms with E-state index in [2.05, 4.69) is 4.72 Å². The SMILES string of the molecule is COc1cc(CNS(=O)(=O)c2ccc(-c3ccccc3)cc2)cc(OC)c1OC. The van der Waals surface area contributed by atoms with Gasteiger partial charge in [0.1, 0.15) is 0 Å². The van der Waals surface area contributed by atoms with Crippen molar-refractivity contribution < 1.29 is 22.6 Å². The first-order valence-electron chi connectivity index (χ1n) is 8.92. The van der Waals surface area contributed by atoms with Crippen LogP contribution >= 0.6 is 0 Å². The van der Waals surface area contributed by atoms with E-state index in [0.717, 1.165) is 11.1 Å². The molecule has 0 amide bonds. The fourth-order valence-electron chi connectivity index (χ4n) is 2.96. The van der Waals surface area contributed by atoms with E-state index in [1.54, 1.807) is 36.4 Å². The van der Waals surface area contributed by atoms with Crippen LogP contribution in [-0.2, 0) is 16.6 Å². The highest BCUT2D eigenvalue weighted by molar-refractivity contribution is 7.89. The predicted molar refractivity (Wildman–Crippen MR) is 112 cm³/mol. The third-order valence-electron chi connectivity index (χ3n) is 4.46. The highest BCUT2D eigenvalue weighted by atomic mass is 32.2. The Kier molecular flexibility index (Phi) is 6.41. The molecule has 0 unspecified atom stereocenters. The molecular formula is C22H23NO5S. The van der Waals surface area contributed by atoms with Gasteiger partial charge in [0, 0.05) is 6.54 Å². The molecule has 0 radical (unpaired) electrons. The lowest BCUT2D eigenvalue weighted by atomic mass is 10.1. The fraction of sp³-hybridized carbons (Fsp3) is 0.182. The van der Waals surface area contributed by atoms with Gasteiger partial charge in [0.25, 0.3) is 0 Å². The van der Waals surface area contributed by atoms with Crippen LogP contribution in [0, 0.1) is 0 Å². The van der Waals surface area contributed by atoms with Crippen LogP contribution in [0.4, 0.5) is 0 Å². The Morgan fingerprint density at radius 1 is 0.759 bits per heavy atom. The lowest BCUT2D eigenvalue weighted by Crippen LogP contribution is -2.23. The third kappa shape index (κ3) is 4.70. The molecule has 0 saturated carbocycles. The minimum atomic E-state index is -3.68. The molecule has 3 rings (SSSR count). The van der Waals surface area contributed by atoms with Crippen molar-refractivity contribution in [2.45, 2.75) is 11.4 Å². The van der Waals surface area contributed by atoms with Gasteiger partial charge >= 0.3 is 0 Å². The van der Waals surface area contributed by atoms with Gasteiger partial charge in [0.15, 0.2) is 11.5 Å². The van der Waals surface area contributed by atoms with Gasteiger partial charge in [-0.3, -0.25) is 0 Å². The lowest BCUT2D eigenvalue weighted by Gasteiger charge is -2.14. The summed E-state index contributed by atoms with van der Waals surface area (Å²) in [6.07, 6.45) is 0. The molecule has 0 spiro atoms. The third-order valence-corrected chi connectivity index (χ3v) is 5.88. The Morgan fingerprint density at radius 2 is 1.31 bits per heavy atom. The highest BCUT2D eigenvalue weighted by Gasteiger charge is 2.17. The molecular weight excluding hydrogens is 390 g/mol. The summed E-state index contributed by atoms with van der Waals surface area (Å²) in [6, 6.07) is 20.0. The number of nitrogens with one attached hydrogen (secondary N) is 1. The predicted octanol–water partition coefficient (Wildman–Crippen LogP) is 3.86. The topological polar surface area (TPSA) is 73.9 Å². The number of benzene rings is 3. The van der Waals surface area contributed by atoms with Gasteiger partial charge in [0.2, 0.25) is 15.8 Å². The number of methoxy groups -OCH3 is 3. The number of hydrogen-bond acceptors (Lipinski definition) is 5. The van der Waals surface area contributed by atoms with Gasteiger partial charge in [-0.2, -0.15) is 0 Å². The molecule has 0 atom stereocenters. The van der Waals surface area contributed by atoms with Crippen molar-refractivity contribution in [3.05, 3.63) is 72.3 Å². The molecule has 0 aliphatic carbocycles. The number of ether oxygens (including phenoxy) is 3. The van der Waals surface area contributed by atoms with Gasteiger partial charge in [-0.1, -0.05) is 42.5 Å². The second kappa shape index (κ2) is 8.98. The fourth-order valence-corrected chi connectivity index (χ4v) is 3.97. The molecule has 152 valence electrons. The van der Waals surface area contributed by atoms with Crippen LogP contribution in [0.15, 0.2) is 71.6 Å². The van der Waals surface area contributed by atoms with E-state index in [1.165, 1.54) is 21.3 Å². The Balaban J connectivity index is 1.78. The van der Waals surface area contributed by atoms with Crippen LogP contribution in [0.25, 0.3) is 11.1 Å². The average Bonchev–Trinajstić information content (AvgIpc) is 2.77. The lowest BCUT2D eigenvalue weighted by molar-refractivity contribution is 0.323. The molecule has 29 heavy (non-hydrogen) atoms. The molecule has 0 aliphatic heterocycles. The molecule has 3 aromatic rings. The minimum Gasteiger partial charge on any atom is -0.493 e. The van der Waals surface area contributed by atoms with Crippen LogP contribution in [0.2, 0.25) is 0 Å². The van der Waals surface area contributed by atoms with Crippen LogP contribution in [0.5, 0.6) is 17.2 Å². The van der Waals surface area contributed by atoms with Gasteiger partial charge in [-0.15, -0.1) is 0 Å². The molecule has 7 heteroatoms. The van der Waals surface area contributed by atoms with E-state index in [4.69, 9.17) is 14.2 Å². The quantitative estimate of drug-likeness (QED) is 0.607. The summed E-state index contributed by atoms with van der Waals surface area (Å²) in [6.45, 7) is 0.0828. The van der Waals surface area contributed by atoms with E-state index in [1.807, 2.05) is 30.3 Å². The smallest absolute Gasteiger partial charge is 0.240 e. The van der Waals surface area contributed by atoms with Crippen molar-refractivity contribution in [1.82, 2.24) is 4.72 Å². The summed E-state index contributed by atoms with van der Waals surface area (Å²) < 4.78 is 43.9. The molecule has 0 heterocycles. The molecule has 0 bridgehead atoms. The van der Waals surface area contributed by atoms with Crippen molar-refractivity contribution in [3.63, 3.8) is 0 Å². The molecule has 1 N–H and O–H groups in total. The standard InChI is InChI=1S/C22H23NO5S/c1-26-20-13-16(14-21(27-2)22(20)28-3)15-23-29(24,25)19-11-9-18(10-12-19)17-7-5-4-6-8-17/h4-14,23H,15H2,1-3H3. The van der Waals surface area contributed by atoms with Crippen molar-refractivity contribution in [1.29, 1.82) is 0 Å². The summed E-state index contributed by atoms with van der Waals surface area (Å²) in [5.41, 5.74) is 2.67. The number of sulfonamides is 1. The summed E-state index contributed by atoms with van der Waals surface area (Å²) >= 11 is 0. The second-order valence-corrected chi connectivity index (χ2v) is 8.02. The average molecular weight is 413 g/mol. The zero-order valence-electron chi connectivity index (χ0n) is 16.5. The summed E-state index contributed by atoms with van der Waals surface area (Å²) in [5.74, 6) is 1.39. The molecule has 0 aromatic heterocycles. The monoisotopic (exact) mass is 413 g/mol. The van der Waals surface area contributed by atoms with Crippen LogP contribution < -0.4 is 18.9 Å². The van der Waals surface area contributed by atoms with Crippen LogP contribution in [-0.4, -0.2) is 29.7 Å². The van der Waals surface area contributed by atoms with Crippen molar-refractivity contribution in [3.8, 4) is 28.4 Å². The van der Waals surface area contributed by atoms with Crippen LogP contribution in [0.1, 0.15) is 5.56 Å². The number of hydrogen-bond donors (Lipinski definition) is 1. The van der Waals surface area contributed by atoms with E-state index in [0.29, 0.717) is 22.8 Å². The molecule has 6 nitrogen and oxygen atoms in total. The van der Waals surface area contributed by atoms with Crippen molar-refractivity contribution in [2.24, 2.45) is 0 Å². The van der Waals surface area contributed by atoms with Crippen molar-refractivity contribution in [2.75, 3.05) is 21.3 Å². The minimum absolute atomic E-state index is 0.0828. The van der Waals surface area contributed by atoms with E-state index >= 15 is 0 Å².